The first-order valence-corrected chi connectivity index (χ1v) is 8.77. The summed E-state index contributed by atoms with van der Waals surface area (Å²) in [5.41, 5.74) is 4.86. The molecule has 1 fully saturated rings. The van der Waals surface area contributed by atoms with Crippen molar-refractivity contribution < 1.29 is 0 Å². The summed E-state index contributed by atoms with van der Waals surface area (Å²) < 4.78 is 4.33. The molecule has 0 saturated carbocycles. The number of aryl methyl sites for hydroxylation is 2. The highest BCUT2D eigenvalue weighted by Crippen LogP contribution is 2.30. The number of pyridine rings is 1. The van der Waals surface area contributed by atoms with E-state index in [2.05, 4.69) is 44.4 Å². The van der Waals surface area contributed by atoms with Gasteiger partial charge in [-0.1, -0.05) is 0 Å². The van der Waals surface area contributed by atoms with Crippen molar-refractivity contribution in [1.82, 2.24) is 29.2 Å². The summed E-state index contributed by atoms with van der Waals surface area (Å²) in [7, 11) is 2.00. The standard InChI is InChI=1S/C19H24N6/c1-14-9-21-19(16-5-4-7-20-10-16)25(14)18-6-8-24(13-18)12-17-11-22-23(3)15(17)2/h4-5,7,9-11,18H,6,8,12-13H2,1-3H3. The molecule has 3 aromatic heterocycles. The van der Waals surface area contributed by atoms with Crippen molar-refractivity contribution in [1.29, 1.82) is 0 Å². The van der Waals surface area contributed by atoms with E-state index in [-0.39, 0.29) is 0 Å². The first kappa shape index (κ1) is 16.0. The van der Waals surface area contributed by atoms with E-state index in [4.69, 9.17) is 0 Å². The average molecular weight is 336 g/mol. The largest absolute Gasteiger partial charge is 0.324 e. The van der Waals surface area contributed by atoms with Crippen LogP contribution in [-0.2, 0) is 13.6 Å². The third kappa shape index (κ3) is 2.98. The molecule has 4 rings (SSSR count). The zero-order valence-corrected chi connectivity index (χ0v) is 15.1. The maximum Gasteiger partial charge on any atom is 0.141 e. The Bertz CT molecular complexity index is 863. The zero-order chi connectivity index (χ0) is 17.4. The van der Waals surface area contributed by atoms with E-state index in [1.165, 1.54) is 17.0 Å². The second kappa shape index (κ2) is 6.44. The lowest BCUT2D eigenvalue weighted by molar-refractivity contribution is 0.315. The molecule has 4 heterocycles. The first-order valence-electron chi connectivity index (χ1n) is 8.77. The highest BCUT2D eigenvalue weighted by atomic mass is 15.3. The Morgan fingerprint density at radius 3 is 2.80 bits per heavy atom. The minimum Gasteiger partial charge on any atom is -0.324 e. The van der Waals surface area contributed by atoms with Crippen LogP contribution in [0.4, 0.5) is 0 Å². The molecule has 0 aliphatic carbocycles. The summed E-state index contributed by atoms with van der Waals surface area (Å²) in [4.78, 5) is 11.4. The fraction of sp³-hybridized carbons (Fsp3) is 0.421. The maximum absolute atomic E-state index is 4.65. The van der Waals surface area contributed by atoms with E-state index in [1.807, 2.05) is 36.4 Å². The fourth-order valence-electron chi connectivity index (χ4n) is 3.72. The van der Waals surface area contributed by atoms with Gasteiger partial charge in [0, 0.05) is 73.8 Å². The van der Waals surface area contributed by atoms with E-state index in [0.717, 1.165) is 37.4 Å². The molecule has 0 spiro atoms. The van der Waals surface area contributed by atoms with Crippen molar-refractivity contribution in [3.05, 3.63) is 53.9 Å². The van der Waals surface area contributed by atoms with Gasteiger partial charge in [0.1, 0.15) is 5.82 Å². The predicted molar refractivity (Wildman–Crippen MR) is 97.1 cm³/mol. The number of rotatable bonds is 4. The van der Waals surface area contributed by atoms with Gasteiger partial charge < -0.3 is 4.57 Å². The van der Waals surface area contributed by atoms with Crippen LogP contribution < -0.4 is 0 Å². The lowest BCUT2D eigenvalue weighted by Gasteiger charge is -2.19. The van der Waals surface area contributed by atoms with Crippen LogP contribution in [0.15, 0.2) is 36.9 Å². The second-order valence-electron chi connectivity index (χ2n) is 6.89. The van der Waals surface area contributed by atoms with Crippen molar-refractivity contribution in [3.63, 3.8) is 0 Å². The SMILES string of the molecule is Cc1c(CN2CCC(n3c(C)cnc3-c3cccnc3)C2)cnn1C. The third-order valence-corrected chi connectivity index (χ3v) is 5.25. The normalized spacial score (nSPS) is 18.1. The van der Waals surface area contributed by atoms with Gasteiger partial charge in [-0.3, -0.25) is 14.6 Å². The van der Waals surface area contributed by atoms with E-state index in [0.29, 0.717) is 6.04 Å². The molecular weight excluding hydrogens is 312 g/mol. The Balaban J connectivity index is 1.54. The Hall–Kier alpha value is -2.47. The molecule has 0 N–H and O–H groups in total. The van der Waals surface area contributed by atoms with Crippen LogP contribution in [0.5, 0.6) is 0 Å². The molecule has 1 saturated heterocycles. The van der Waals surface area contributed by atoms with Crippen molar-refractivity contribution >= 4 is 0 Å². The number of likely N-dealkylation sites (tertiary alicyclic amines) is 1. The highest BCUT2D eigenvalue weighted by molar-refractivity contribution is 5.54. The minimum absolute atomic E-state index is 0.453. The van der Waals surface area contributed by atoms with Crippen LogP contribution in [-0.4, -0.2) is 42.3 Å². The predicted octanol–water partition coefficient (Wildman–Crippen LogP) is 2.74. The maximum atomic E-state index is 4.65. The van der Waals surface area contributed by atoms with Crippen molar-refractivity contribution in [2.45, 2.75) is 32.9 Å². The summed E-state index contributed by atoms with van der Waals surface area (Å²) in [5, 5.41) is 4.36. The molecule has 25 heavy (non-hydrogen) atoms. The quantitative estimate of drug-likeness (QED) is 0.735. The van der Waals surface area contributed by atoms with Gasteiger partial charge in [-0.25, -0.2) is 4.98 Å². The van der Waals surface area contributed by atoms with E-state index < -0.39 is 0 Å². The van der Waals surface area contributed by atoms with Gasteiger partial charge in [0.2, 0.25) is 0 Å². The molecule has 3 aromatic rings. The minimum atomic E-state index is 0.453. The van der Waals surface area contributed by atoms with E-state index in [1.54, 1.807) is 6.20 Å². The van der Waals surface area contributed by atoms with Gasteiger partial charge >= 0.3 is 0 Å². The summed E-state index contributed by atoms with van der Waals surface area (Å²) in [5.74, 6) is 1.02. The topological polar surface area (TPSA) is 51.8 Å². The molecule has 6 nitrogen and oxygen atoms in total. The third-order valence-electron chi connectivity index (χ3n) is 5.25. The molecule has 0 radical (unpaired) electrons. The van der Waals surface area contributed by atoms with Crippen molar-refractivity contribution in [2.24, 2.45) is 7.05 Å². The van der Waals surface area contributed by atoms with Crippen LogP contribution in [0.3, 0.4) is 0 Å². The fourth-order valence-corrected chi connectivity index (χ4v) is 3.72. The average Bonchev–Trinajstić information content (AvgIpc) is 3.31. The smallest absolute Gasteiger partial charge is 0.141 e. The number of aromatic nitrogens is 5. The van der Waals surface area contributed by atoms with Crippen molar-refractivity contribution in [2.75, 3.05) is 13.1 Å². The van der Waals surface area contributed by atoms with Gasteiger partial charge in [0.05, 0.1) is 6.20 Å². The van der Waals surface area contributed by atoms with Gasteiger partial charge in [0.15, 0.2) is 0 Å². The van der Waals surface area contributed by atoms with Crippen LogP contribution in [0.1, 0.15) is 29.4 Å². The van der Waals surface area contributed by atoms with E-state index in [9.17, 15) is 0 Å². The van der Waals surface area contributed by atoms with Gasteiger partial charge in [-0.2, -0.15) is 5.10 Å². The molecule has 0 amide bonds. The van der Waals surface area contributed by atoms with Gasteiger partial charge in [-0.15, -0.1) is 0 Å². The highest BCUT2D eigenvalue weighted by Gasteiger charge is 2.27. The summed E-state index contributed by atoms with van der Waals surface area (Å²) in [6.45, 7) is 7.38. The second-order valence-corrected chi connectivity index (χ2v) is 6.89. The molecule has 0 aromatic carbocycles. The molecule has 1 aliphatic heterocycles. The van der Waals surface area contributed by atoms with Gasteiger partial charge in [-0.05, 0) is 32.4 Å². The Morgan fingerprint density at radius 1 is 1.20 bits per heavy atom. The number of hydrogen-bond acceptors (Lipinski definition) is 4. The number of imidazole rings is 1. The van der Waals surface area contributed by atoms with Crippen LogP contribution >= 0.6 is 0 Å². The number of hydrogen-bond donors (Lipinski definition) is 0. The summed E-state index contributed by atoms with van der Waals surface area (Å²) in [6, 6.07) is 4.50. The Morgan fingerprint density at radius 2 is 2.08 bits per heavy atom. The summed E-state index contributed by atoms with van der Waals surface area (Å²) >= 11 is 0. The summed E-state index contributed by atoms with van der Waals surface area (Å²) in [6.07, 6.45) is 8.80. The molecule has 6 heteroatoms. The Kier molecular flexibility index (Phi) is 4.13. The van der Waals surface area contributed by atoms with Crippen molar-refractivity contribution in [3.8, 4) is 11.4 Å². The van der Waals surface area contributed by atoms with E-state index >= 15 is 0 Å². The molecular formula is C19H24N6. The van der Waals surface area contributed by atoms with Crippen LogP contribution in [0.2, 0.25) is 0 Å². The number of nitrogens with zero attached hydrogens (tertiary/aromatic N) is 6. The van der Waals surface area contributed by atoms with Gasteiger partial charge in [0.25, 0.3) is 0 Å². The molecule has 1 unspecified atom stereocenters. The zero-order valence-electron chi connectivity index (χ0n) is 15.1. The Labute approximate surface area is 148 Å². The molecule has 1 atom stereocenters. The first-order chi connectivity index (χ1) is 12.1. The molecule has 0 bridgehead atoms. The van der Waals surface area contributed by atoms with Crippen LogP contribution in [0, 0.1) is 13.8 Å². The molecule has 1 aliphatic rings. The molecule has 130 valence electrons. The van der Waals surface area contributed by atoms with Crippen LogP contribution in [0.25, 0.3) is 11.4 Å². The lowest BCUT2D eigenvalue weighted by Crippen LogP contribution is -2.22. The lowest BCUT2D eigenvalue weighted by atomic mass is 10.2. The monoisotopic (exact) mass is 336 g/mol.